The second-order valence-corrected chi connectivity index (χ2v) is 5.94. The van der Waals surface area contributed by atoms with E-state index in [-0.39, 0.29) is 11.6 Å². The SMILES string of the molecule is C[C@@H](O)CNS(=O)(=O)c1cc(Cl)cc(C(=O)O)c1F. The zero-order chi connectivity index (χ0) is 14.8. The van der Waals surface area contributed by atoms with E-state index in [2.05, 4.69) is 0 Å². The number of carboxylic acids is 1. The van der Waals surface area contributed by atoms with Crippen molar-refractivity contribution >= 4 is 27.6 Å². The van der Waals surface area contributed by atoms with Gasteiger partial charge in [0.25, 0.3) is 0 Å². The van der Waals surface area contributed by atoms with Gasteiger partial charge in [-0.25, -0.2) is 22.3 Å². The first kappa shape index (κ1) is 15.8. The maximum atomic E-state index is 13.8. The molecule has 0 heterocycles. The fourth-order valence-corrected chi connectivity index (χ4v) is 2.75. The summed E-state index contributed by atoms with van der Waals surface area (Å²) in [7, 11) is -4.30. The Labute approximate surface area is 113 Å². The molecule has 0 radical (unpaired) electrons. The van der Waals surface area contributed by atoms with E-state index < -0.39 is 38.4 Å². The number of rotatable bonds is 5. The van der Waals surface area contributed by atoms with Crippen LogP contribution in [0.2, 0.25) is 5.02 Å². The molecule has 1 rings (SSSR count). The third-order valence-electron chi connectivity index (χ3n) is 2.09. The van der Waals surface area contributed by atoms with Crippen molar-refractivity contribution in [1.82, 2.24) is 4.72 Å². The number of hydrogen-bond donors (Lipinski definition) is 3. The lowest BCUT2D eigenvalue weighted by Crippen LogP contribution is -2.31. The van der Waals surface area contributed by atoms with Crippen molar-refractivity contribution in [3.8, 4) is 0 Å². The lowest BCUT2D eigenvalue weighted by molar-refractivity contribution is 0.0691. The highest BCUT2D eigenvalue weighted by atomic mass is 35.5. The predicted molar refractivity (Wildman–Crippen MR) is 65.2 cm³/mol. The summed E-state index contributed by atoms with van der Waals surface area (Å²) < 4.78 is 39.3. The van der Waals surface area contributed by atoms with Crippen LogP contribution in [0.3, 0.4) is 0 Å². The topological polar surface area (TPSA) is 104 Å². The van der Waals surface area contributed by atoms with Crippen LogP contribution >= 0.6 is 11.6 Å². The van der Waals surface area contributed by atoms with Gasteiger partial charge in [-0.05, 0) is 19.1 Å². The van der Waals surface area contributed by atoms with E-state index in [1.807, 2.05) is 4.72 Å². The third-order valence-corrected chi connectivity index (χ3v) is 3.73. The molecule has 0 spiro atoms. The van der Waals surface area contributed by atoms with Crippen LogP contribution in [-0.2, 0) is 10.0 Å². The molecule has 0 saturated heterocycles. The number of hydrogen-bond acceptors (Lipinski definition) is 4. The highest BCUT2D eigenvalue weighted by Crippen LogP contribution is 2.23. The summed E-state index contributed by atoms with van der Waals surface area (Å²) in [5.41, 5.74) is -0.843. The van der Waals surface area contributed by atoms with Crippen molar-refractivity contribution in [2.45, 2.75) is 17.9 Å². The van der Waals surface area contributed by atoms with E-state index in [4.69, 9.17) is 21.8 Å². The lowest BCUT2D eigenvalue weighted by Gasteiger charge is -2.10. The Morgan fingerprint density at radius 2 is 2.11 bits per heavy atom. The van der Waals surface area contributed by atoms with Crippen LogP contribution in [0, 0.1) is 5.82 Å². The molecule has 0 fully saturated rings. The number of halogens is 2. The number of benzene rings is 1. The molecule has 1 aromatic carbocycles. The van der Waals surface area contributed by atoms with Crippen molar-refractivity contribution < 1.29 is 27.8 Å². The molecule has 0 amide bonds. The minimum Gasteiger partial charge on any atom is -0.478 e. The Morgan fingerprint density at radius 1 is 1.53 bits per heavy atom. The fraction of sp³-hybridized carbons (Fsp3) is 0.300. The van der Waals surface area contributed by atoms with Crippen molar-refractivity contribution in [2.24, 2.45) is 0 Å². The number of aliphatic hydroxyl groups excluding tert-OH is 1. The summed E-state index contributed by atoms with van der Waals surface area (Å²) in [6.45, 7) is 0.996. The maximum Gasteiger partial charge on any atom is 0.338 e. The Kier molecular flexibility index (Phi) is 4.86. The average molecular weight is 312 g/mol. The number of nitrogens with one attached hydrogen (secondary N) is 1. The normalized spacial score (nSPS) is 13.3. The summed E-state index contributed by atoms with van der Waals surface area (Å²) in [5, 5.41) is 17.5. The van der Waals surface area contributed by atoms with Crippen LogP contribution in [0.5, 0.6) is 0 Å². The Morgan fingerprint density at radius 3 is 2.58 bits per heavy atom. The molecule has 1 atom stereocenters. The molecule has 0 saturated carbocycles. The van der Waals surface area contributed by atoms with Crippen LogP contribution in [0.1, 0.15) is 17.3 Å². The molecule has 0 aliphatic carbocycles. The molecule has 0 unspecified atom stereocenters. The van der Waals surface area contributed by atoms with Gasteiger partial charge in [-0.1, -0.05) is 11.6 Å². The maximum absolute atomic E-state index is 13.8. The predicted octanol–water partition coefficient (Wildman–Crippen LogP) is 0.836. The van der Waals surface area contributed by atoms with E-state index in [1.54, 1.807) is 0 Å². The minimum absolute atomic E-state index is 0.226. The van der Waals surface area contributed by atoms with Crippen molar-refractivity contribution in [3.63, 3.8) is 0 Å². The first-order chi connectivity index (χ1) is 8.65. The Bertz CT molecular complexity index is 602. The molecule has 0 bridgehead atoms. The average Bonchev–Trinajstić information content (AvgIpc) is 2.28. The van der Waals surface area contributed by atoms with Crippen LogP contribution in [0.25, 0.3) is 0 Å². The standard InChI is InChI=1S/C10H11ClFNO5S/c1-5(14)4-13-19(17,18)8-3-6(11)2-7(9(8)12)10(15)16/h2-3,5,13-14H,4H2,1H3,(H,15,16)/t5-/m1/s1. The second-order valence-electron chi connectivity index (χ2n) is 3.77. The van der Waals surface area contributed by atoms with E-state index in [0.29, 0.717) is 0 Å². The van der Waals surface area contributed by atoms with Crippen molar-refractivity contribution in [2.75, 3.05) is 6.54 Å². The molecule has 6 nitrogen and oxygen atoms in total. The van der Waals surface area contributed by atoms with Gasteiger partial charge in [0.15, 0.2) is 5.82 Å². The van der Waals surface area contributed by atoms with Gasteiger partial charge < -0.3 is 10.2 Å². The fourth-order valence-electron chi connectivity index (χ4n) is 1.22. The molecular formula is C10H11ClFNO5S. The zero-order valence-electron chi connectivity index (χ0n) is 9.72. The van der Waals surface area contributed by atoms with E-state index >= 15 is 0 Å². The van der Waals surface area contributed by atoms with Gasteiger partial charge in [-0.2, -0.15) is 0 Å². The van der Waals surface area contributed by atoms with Gasteiger partial charge in [0.2, 0.25) is 10.0 Å². The number of aromatic carboxylic acids is 1. The van der Waals surface area contributed by atoms with Crippen molar-refractivity contribution in [1.29, 1.82) is 0 Å². The monoisotopic (exact) mass is 311 g/mol. The third kappa shape index (κ3) is 3.87. The first-order valence-corrected chi connectivity index (χ1v) is 6.91. The number of sulfonamides is 1. The Balaban J connectivity index is 3.31. The van der Waals surface area contributed by atoms with Gasteiger partial charge in [-0.3, -0.25) is 0 Å². The van der Waals surface area contributed by atoms with Gasteiger partial charge in [-0.15, -0.1) is 0 Å². The zero-order valence-corrected chi connectivity index (χ0v) is 11.3. The summed E-state index contributed by atoms with van der Waals surface area (Å²) in [6, 6.07) is 1.61. The molecule has 0 aromatic heterocycles. The smallest absolute Gasteiger partial charge is 0.338 e. The molecule has 0 aliphatic rings. The van der Waals surface area contributed by atoms with Crippen LogP contribution in [0.4, 0.5) is 4.39 Å². The highest BCUT2D eigenvalue weighted by Gasteiger charge is 2.25. The molecule has 9 heteroatoms. The molecular weight excluding hydrogens is 301 g/mol. The van der Waals surface area contributed by atoms with Crippen molar-refractivity contribution in [3.05, 3.63) is 28.5 Å². The largest absolute Gasteiger partial charge is 0.478 e. The first-order valence-electron chi connectivity index (χ1n) is 5.05. The molecule has 106 valence electrons. The van der Waals surface area contributed by atoms with Gasteiger partial charge in [0, 0.05) is 11.6 Å². The summed E-state index contributed by atoms with van der Waals surface area (Å²) in [5.74, 6) is -3.04. The Hall–Kier alpha value is -1.22. The molecule has 19 heavy (non-hydrogen) atoms. The van der Waals surface area contributed by atoms with E-state index in [9.17, 15) is 17.6 Å². The second kappa shape index (κ2) is 5.83. The summed E-state index contributed by atoms with van der Waals surface area (Å²) in [4.78, 5) is 9.89. The summed E-state index contributed by atoms with van der Waals surface area (Å²) in [6.07, 6.45) is -0.976. The van der Waals surface area contributed by atoms with Gasteiger partial charge in [0.1, 0.15) is 4.90 Å². The lowest BCUT2D eigenvalue weighted by atomic mass is 10.2. The molecule has 1 aromatic rings. The minimum atomic E-state index is -4.30. The molecule has 3 N–H and O–H groups in total. The number of aliphatic hydroxyl groups is 1. The summed E-state index contributed by atoms with van der Waals surface area (Å²) >= 11 is 5.56. The quantitative estimate of drug-likeness (QED) is 0.747. The molecule has 0 aliphatic heterocycles. The van der Waals surface area contributed by atoms with E-state index in [0.717, 1.165) is 12.1 Å². The highest BCUT2D eigenvalue weighted by molar-refractivity contribution is 7.89. The van der Waals surface area contributed by atoms with Crippen LogP contribution in [0.15, 0.2) is 17.0 Å². The van der Waals surface area contributed by atoms with Gasteiger partial charge >= 0.3 is 5.97 Å². The van der Waals surface area contributed by atoms with E-state index in [1.165, 1.54) is 6.92 Å². The number of carboxylic acid groups (broad SMARTS) is 1. The number of carbonyl (C=O) groups is 1. The van der Waals surface area contributed by atoms with Crippen LogP contribution < -0.4 is 4.72 Å². The van der Waals surface area contributed by atoms with Crippen LogP contribution in [-0.4, -0.2) is 37.2 Å². The van der Waals surface area contributed by atoms with Gasteiger partial charge in [0.05, 0.1) is 11.7 Å².